The second-order valence-electron chi connectivity index (χ2n) is 1.87. The van der Waals surface area contributed by atoms with Crippen LogP contribution in [0.2, 0.25) is 0 Å². The Bertz CT molecular complexity index is 29.3. The quantitative estimate of drug-likeness (QED) is 0.542. The Balaban J connectivity index is 0. The van der Waals surface area contributed by atoms with Crippen molar-refractivity contribution in [2.45, 2.75) is 20.3 Å². The van der Waals surface area contributed by atoms with Gasteiger partial charge in [-0.05, 0) is 12.3 Å². The summed E-state index contributed by atoms with van der Waals surface area (Å²) in [4.78, 5) is 0. The fraction of sp³-hybridized carbons (Fsp3) is 1.00. The third kappa shape index (κ3) is 11.0. The van der Waals surface area contributed by atoms with E-state index in [2.05, 4.69) is 13.8 Å². The van der Waals surface area contributed by atoms with Gasteiger partial charge in [0, 0.05) is 5.88 Å². The van der Waals surface area contributed by atoms with Crippen LogP contribution in [0.5, 0.6) is 0 Å². The maximum Gasteiger partial charge on any atom is 2.00 e. The van der Waals surface area contributed by atoms with E-state index >= 15 is 0 Å². The first kappa shape index (κ1) is 11.1. The van der Waals surface area contributed by atoms with Gasteiger partial charge in [0.25, 0.3) is 0 Å². The molecule has 0 fully saturated rings. The third-order valence-corrected chi connectivity index (χ3v) is 0.905. The van der Waals surface area contributed by atoms with Crippen molar-refractivity contribution in [3.05, 3.63) is 0 Å². The zero-order valence-electron chi connectivity index (χ0n) is 5.08. The summed E-state index contributed by atoms with van der Waals surface area (Å²) in [7, 11) is 0. The maximum atomic E-state index is 5.40. The first-order valence-electron chi connectivity index (χ1n) is 2.33. The molecule has 0 spiro atoms. The van der Waals surface area contributed by atoms with Gasteiger partial charge < -0.3 is 0 Å². The second-order valence-corrected chi connectivity index (χ2v) is 2.25. The zero-order valence-corrected chi connectivity index (χ0v) is 11.3. The fourth-order valence-electron chi connectivity index (χ4n) is 0.218. The monoisotopic (exact) mass is 308 g/mol. The average Bonchev–Trinajstić information content (AvgIpc) is 1.35. The van der Waals surface area contributed by atoms with Crippen LogP contribution < -0.4 is 0 Å². The summed E-state index contributed by atoms with van der Waals surface area (Å²) in [5.41, 5.74) is 0. The normalized spacial score (nSPS) is 8.57. The van der Waals surface area contributed by atoms with Crippen molar-refractivity contribution < 1.29 is 27.7 Å². The summed E-state index contributed by atoms with van der Waals surface area (Å²) in [5, 5.41) is 0. The van der Waals surface area contributed by atoms with Gasteiger partial charge in [-0.15, -0.1) is 11.6 Å². The molecule has 0 aliphatic heterocycles. The van der Waals surface area contributed by atoms with Crippen LogP contribution in [0, 0.1) is 5.92 Å². The number of rotatable bonds is 2. The van der Waals surface area contributed by atoms with Crippen molar-refractivity contribution in [3.8, 4) is 0 Å². The van der Waals surface area contributed by atoms with Crippen LogP contribution in [0.25, 0.3) is 0 Å². The number of hydrogen-bond donors (Lipinski definition) is 0. The van der Waals surface area contributed by atoms with Gasteiger partial charge >= 0.3 is 27.7 Å². The molecule has 0 heterocycles. The van der Waals surface area contributed by atoms with Gasteiger partial charge in [0.15, 0.2) is 0 Å². The van der Waals surface area contributed by atoms with Crippen LogP contribution in [0.1, 0.15) is 20.3 Å². The molecule has 0 saturated heterocycles. The number of hydrogen-bond acceptors (Lipinski definition) is 0. The van der Waals surface area contributed by atoms with Crippen molar-refractivity contribution in [2.24, 2.45) is 5.92 Å². The molecule has 0 aromatic rings. The molecule has 0 atom stereocenters. The van der Waals surface area contributed by atoms with Gasteiger partial charge in [-0.2, -0.15) is 0 Å². The van der Waals surface area contributed by atoms with Crippen molar-refractivity contribution in [1.82, 2.24) is 0 Å². The summed E-state index contributed by atoms with van der Waals surface area (Å²) in [6.45, 7) is 4.34. The molecule has 0 rings (SSSR count). The van der Waals surface area contributed by atoms with Crippen molar-refractivity contribution in [2.75, 3.05) is 5.88 Å². The topological polar surface area (TPSA) is 0 Å². The van der Waals surface area contributed by atoms with E-state index in [4.69, 9.17) is 11.6 Å². The van der Waals surface area contributed by atoms with E-state index in [0.29, 0.717) is 0 Å². The van der Waals surface area contributed by atoms with E-state index in [1.54, 1.807) is 0 Å². The van der Waals surface area contributed by atoms with Crippen LogP contribution in [-0.2, 0) is 27.7 Å². The summed E-state index contributed by atoms with van der Waals surface area (Å²) in [6.07, 6.45) is 1.14. The van der Waals surface area contributed by atoms with E-state index in [-0.39, 0.29) is 27.7 Å². The minimum Gasteiger partial charge on any atom is -0.127 e. The van der Waals surface area contributed by atoms with Crippen molar-refractivity contribution >= 4 is 11.6 Å². The summed E-state index contributed by atoms with van der Waals surface area (Å²) in [5.74, 6) is 1.57. The van der Waals surface area contributed by atoms with Crippen LogP contribution in [0.15, 0.2) is 0 Å². The minimum atomic E-state index is 0. The van der Waals surface area contributed by atoms with E-state index < -0.39 is 0 Å². The van der Waals surface area contributed by atoms with E-state index in [1.807, 2.05) is 0 Å². The predicted molar refractivity (Wildman–Crippen MR) is 30.2 cm³/mol. The van der Waals surface area contributed by atoms with Crippen LogP contribution >= 0.6 is 11.6 Å². The largest absolute Gasteiger partial charge is 2.00 e. The Kier molecular flexibility index (Phi) is 11.4. The molecular weight excluding hydrogens is 296 g/mol. The SMILES string of the molecule is CC(C)CCCl.[Hg+2]. The van der Waals surface area contributed by atoms with Crippen LogP contribution in [-0.4, -0.2) is 5.88 Å². The maximum absolute atomic E-state index is 5.40. The Hall–Kier alpha value is 1.23. The molecule has 0 bridgehead atoms. The Morgan fingerprint density at radius 1 is 1.43 bits per heavy atom. The van der Waals surface area contributed by atoms with E-state index in [9.17, 15) is 0 Å². The molecule has 0 saturated carbocycles. The summed E-state index contributed by atoms with van der Waals surface area (Å²) < 4.78 is 0. The molecule has 0 amide bonds. The van der Waals surface area contributed by atoms with Crippen LogP contribution in [0.3, 0.4) is 0 Å². The Labute approximate surface area is 71.1 Å². The molecule has 2 heteroatoms. The van der Waals surface area contributed by atoms with Crippen LogP contribution in [0.4, 0.5) is 0 Å². The molecule has 0 radical (unpaired) electrons. The molecule has 0 aliphatic rings. The first-order valence-corrected chi connectivity index (χ1v) is 2.86. The molecule has 0 N–H and O–H groups in total. The van der Waals surface area contributed by atoms with Gasteiger partial charge in [-0.1, -0.05) is 13.8 Å². The average molecular weight is 307 g/mol. The molecule has 0 aromatic carbocycles. The zero-order chi connectivity index (χ0) is 4.99. The predicted octanol–water partition coefficient (Wildman–Crippen LogP) is 2.27. The van der Waals surface area contributed by atoms with Gasteiger partial charge in [0.05, 0.1) is 0 Å². The summed E-state index contributed by atoms with van der Waals surface area (Å²) in [6, 6.07) is 0. The third-order valence-electron chi connectivity index (χ3n) is 0.686. The minimum absolute atomic E-state index is 0. The molecular formula is C5H11ClHg+2. The first-order chi connectivity index (χ1) is 2.77. The van der Waals surface area contributed by atoms with Gasteiger partial charge in [0.1, 0.15) is 0 Å². The summed E-state index contributed by atoms with van der Waals surface area (Å²) >= 11 is 5.40. The Morgan fingerprint density at radius 2 is 1.86 bits per heavy atom. The molecule has 7 heavy (non-hydrogen) atoms. The smallest absolute Gasteiger partial charge is 0.127 e. The van der Waals surface area contributed by atoms with Gasteiger partial charge in [-0.25, -0.2) is 0 Å². The number of alkyl halides is 1. The molecule has 0 nitrogen and oxygen atoms in total. The number of halogens is 1. The molecule has 0 aliphatic carbocycles. The molecule has 0 aromatic heterocycles. The fourth-order valence-corrected chi connectivity index (χ4v) is 0.655. The second kappa shape index (κ2) is 7.23. The Morgan fingerprint density at radius 3 is 1.86 bits per heavy atom. The van der Waals surface area contributed by atoms with Crippen molar-refractivity contribution in [1.29, 1.82) is 0 Å². The van der Waals surface area contributed by atoms with E-state index in [1.165, 1.54) is 0 Å². The molecule has 0 unspecified atom stereocenters. The molecule has 38 valence electrons. The van der Waals surface area contributed by atoms with Gasteiger partial charge in [-0.3, -0.25) is 0 Å². The van der Waals surface area contributed by atoms with E-state index in [0.717, 1.165) is 18.2 Å². The standard InChI is InChI=1S/C5H11Cl.Hg/c1-5(2)3-4-6;/h5H,3-4H2,1-2H3;/q;+2. The van der Waals surface area contributed by atoms with Crippen molar-refractivity contribution in [3.63, 3.8) is 0 Å². The van der Waals surface area contributed by atoms with Gasteiger partial charge in [0.2, 0.25) is 0 Å².